The Hall–Kier alpha value is -1.96. The molecule has 3 rings (SSSR count). The molecule has 0 saturated carbocycles. The van der Waals surface area contributed by atoms with Crippen LogP contribution in [-0.2, 0) is 11.2 Å². The molecular weight excluding hydrogens is 297 g/mol. The lowest BCUT2D eigenvalue weighted by Gasteiger charge is -2.32. The fourth-order valence-corrected chi connectivity index (χ4v) is 2.96. The monoisotopic (exact) mass is 315 g/mol. The Kier molecular flexibility index (Phi) is 3.64. The summed E-state index contributed by atoms with van der Waals surface area (Å²) in [6, 6.07) is 5.31. The smallest absolute Gasteiger partial charge is 0.315 e. The molecule has 1 N–H and O–H groups in total. The number of hydrazone groups is 1. The molecule has 5 nitrogen and oxygen atoms in total. The number of aromatic nitrogens is 1. The SMILES string of the molecule is O=C1N(CC(F)(F)F)N=C2CCNCC12Cc1ccccn1.[2HH]. The van der Waals surface area contributed by atoms with E-state index in [0.29, 0.717) is 29.4 Å². The molecule has 0 bridgehead atoms. The highest BCUT2D eigenvalue weighted by atomic mass is 19.4. The minimum absolute atomic E-state index is 0. The predicted molar refractivity (Wildman–Crippen MR) is 75.2 cm³/mol. The molecule has 2 aliphatic rings. The summed E-state index contributed by atoms with van der Waals surface area (Å²) >= 11 is 0. The maximum Gasteiger partial charge on any atom is 0.408 e. The molecule has 1 unspecified atom stereocenters. The van der Waals surface area contributed by atoms with Crippen LogP contribution in [0.15, 0.2) is 29.5 Å². The Morgan fingerprint density at radius 1 is 1.41 bits per heavy atom. The molecule has 0 spiro atoms. The van der Waals surface area contributed by atoms with Crippen LogP contribution in [0, 0.1) is 5.41 Å². The Labute approximate surface area is 126 Å². The molecule has 1 amide bonds. The second kappa shape index (κ2) is 5.35. The van der Waals surface area contributed by atoms with Crippen LogP contribution in [0.4, 0.5) is 13.2 Å². The Morgan fingerprint density at radius 2 is 2.23 bits per heavy atom. The maximum atomic E-state index is 12.6. The molecule has 22 heavy (non-hydrogen) atoms. The first-order valence-corrected chi connectivity index (χ1v) is 6.98. The van der Waals surface area contributed by atoms with E-state index in [9.17, 15) is 18.0 Å². The van der Waals surface area contributed by atoms with E-state index in [1.165, 1.54) is 0 Å². The largest absolute Gasteiger partial charge is 0.408 e. The van der Waals surface area contributed by atoms with Gasteiger partial charge in [0.1, 0.15) is 12.0 Å². The first-order valence-electron chi connectivity index (χ1n) is 6.98. The number of carbonyl (C=O) groups is 1. The molecule has 0 radical (unpaired) electrons. The third-order valence-electron chi connectivity index (χ3n) is 3.94. The first kappa shape index (κ1) is 15.0. The molecule has 1 aromatic heterocycles. The summed E-state index contributed by atoms with van der Waals surface area (Å²) in [7, 11) is 0. The van der Waals surface area contributed by atoms with Crippen molar-refractivity contribution in [1.82, 2.24) is 15.3 Å². The van der Waals surface area contributed by atoms with Crippen molar-refractivity contribution in [2.45, 2.75) is 19.0 Å². The highest BCUT2D eigenvalue weighted by Crippen LogP contribution is 2.36. The topological polar surface area (TPSA) is 57.6 Å². The Morgan fingerprint density at radius 3 is 2.91 bits per heavy atom. The molecular formula is C14H17F3N4O. The highest BCUT2D eigenvalue weighted by Gasteiger charge is 2.53. The van der Waals surface area contributed by atoms with Gasteiger partial charge in [-0.1, -0.05) is 6.07 Å². The van der Waals surface area contributed by atoms with Crippen molar-refractivity contribution in [1.29, 1.82) is 0 Å². The van der Waals surface area contributed by atoms with E-state index < -0.39 is 24.0 Å². The van der Waals surface area contributed by atoms with Crippen molar-refractivity contribution < 1.29 is 19.4 Å². The highest BCUT2D eigenvalue weighted by molar-refractivity contribution is 6.13. The average molecular weight is 315 g/mol. The third kappa shape index (κ3) is 2.70. The zero-order valence-electron chi connectivity index (χ0n) is 11.7. The van der Waals surface area contributed by atoms with E-state index in [2.05, 4.69) is 15.4 Å². The van der Waals surface area contributed by atoms with Crippen molar-refractivity contribution in [3.05, 3.63) is 30.1 Å². The van der Waals surface area contributed by atoms with Crippen LogP contribution in [0.2, 0.25) is 0 Å². The Balaban J connectivity index is 0.00000192. The molecule has 8 heteroatoms. The number of halogens is 3. The van der Waals surface area contributed by atoms with E-state index in [4.69, 9.17) is 0 Å². The second-order valence-electron chi connectivity index (χ2n) is 5.53. The number of hydrogen-bond acceptors (Lipinski definition) is 4. The van der Waals surface area contributed by atoms with E-state index in [-0.39, 0.29) is 14.4 Å². The lowest BCUT2D eigenvalue weighted by atomic mass is 9.75. The molecule has 1 saturated heterocycles. The van der Waals surface area contributed by atoms with Gasteiger partial charge in [-0.25, -0.2) is 5.01 Å². The van der Waals surface area contributed by atoms with Crippen molar-refractivity contribution in [2.75, 3.05) is 19.6 Å². The van der Waals surface area contributed by atoms with Gasteiger partial charge in [0.15, 0.2) is 0 Å². The molecule has 1 fully saturated rings. The van der Waals surface area contributed by atoms with E-state index in [0.717, 1.165) is 0 Å². The maximum absolute atomic E-state index is 12.6. The van der Waals surface area contributed by atoms with Crippen LogP contribution in [0.25, 0.3) is 0 Å². The summed E-state index contributed by atoms with van der Waals surface area (Å²) in [6.45, 7) is -0.454. The number of nitrogens with one attached hydrogen (secondary N) is 1. The first-order chi connectivity index (χ1) is 10.4. The third-order valence-corrected chi connectivity index (χ3v) is 3.94. The van der Waals surface area contributed by atoms with Gasteiger partial charge in [0.25, 0.3) is 5.91 Å². The fourth-order valence-electron chi connectivity index (χ4n) is 2.96. The number of amides is 1. The number of alkyl halides is 3. The van der Waals surface area contributed by atoms with Crippen LogP contribution in [0.1, 0.15) is 13.5 Å². The molecule has 1 atom stereocenters. The van der Waals surface area contributed by atoms with Crippen LogP contribution < -0.4 is 5.32 Å². The van der Waals surface area contributed by atoms with Gasteiger partial charge < -0.3 is 5.32 Å². The van der Waals surface area contributed by atoms with Crippen molar-refractivity contribution >= 4 is 11.6 Å². The number of piperidine rings is 1. The standard InChI is InChI=1S/C14H15F3N4O.H2/c15-14(16,17)9-21-12(22)13(7-10-3-1-2-5-19-10)8-18-6-4-11(13)20-21;/h1-3,5,18H,4,6-9H2;1H/i;1+1. The predicted octanol–water partition coefficient (Wildman–Crippen LogP) is 1.61. The minimum Gasteiger partial charge on any atom is -0.315 e. The summed E-state index contributed by atoms with van der Waals surface area (Å²) in [5.41, 5.74) is 0.143. The van der Waals surface area contributed by atoms with Gasteiger partial charge >= 0.3 is 6.18 Å². The zero-order valence-corrected chi connectivity index (χ0v) is 11.7. The van der Waals surface area contributed by atoms with Gasteiger partial charge in [-0.05, 0) is 12.1 Å². The molecule has 0 aromatic carbocycles. The minimum atomic E-state index is -4.47. The van der Waals surface area contributed by atoms with Gasteiger partial charge in [-0.15, -0.1) is 0 Å². The number of nitrogens with zero attached hydrogens (tertiary/aromatic N) is 3. The lowest BCUT2D eigenvalue weighted by molar-refractivity contribution is -0.163. The number of fused-ring (bicyclic) bond motifs is 1. The number of pyridine rings is 1. The van der Waals surface area contributed by atoms with Crippen molar-refractivity contribution in [3.63, 3.8) is 0 Å². The summed E-state index contributed by atoms with van der Waals surface area (Å²) < 4.78 is 37.9. The average Bonchev–Trinajstić information content (AvgIpc) is 2.72. The van der Waals surface area contributed by atoms with Crippen LogP contribution in [0.3, 0.4) is 0 Å². The molecule has 0 aliphatic carbocycles. The molecule has 120 valence electrons. The normalized spacial score (nSPS) is 25.1. The summed E-state index contributed by atoms with van der Waals surface area (Å²) in [5, 5.41) is 7.61. The quantitative estimate of drug-likeness (QED) is 0.922. The van der Waals surface area contributed by atoms with E-state index in [1.807, 2.05) is 0 Å². The summed E-state index contributed by atoms with van der Waals surface area (Å²) in [6.07, 6.45) is -2.14. The van der Waals surface area contributed by atoms with Gasteiger partial charge in [0.05, 0.1) is 5.71 Å². The van der Waals surface area contributed by atoms with E-state index >= 15 is 0 Å². The fraction of sp³-hybridized carbons (Fsp3) is 0.500. The molecule has 2 aliphatic heterocycles. The van der Waals surface area contributed by atoms with Gasteiger partial charge in [0.2, 0.25) is 0 Å². The van der Waals surface area contributed by atoms with Crippen LogP contribution in [0.5, 0.6) is 0 Å². The second-order valence-corrected chi connectivity index (χ2v) is 5.53. The van der Waals surface area contributed by atoms with Gasteiger partial charge in [0, 0.05) is 39.2 Å². The van der Waals surface area contributed by atoms with Gasteiger partial charge in [-0.3, -0.25) is 9.78 Å². The number of hydrogen-bond donors (Lipinski definition) is 1. The molecule has 3 heterocycles. The van der Waals surface area contributed by atoms with Crippen molar-refractivity contribution in [2.24, 2.45) is 10.5 Å². The van der Waals surface area contributed by atoms with Gasteiger partial charge in [-0.2, -0.15) is 18.3 Å². The molecule has 1 aromatic rings. The van der Waals surface area contributed by atoms with E-state index in [1.54, 1.807) is 24.4 Å². The van der Waals surface area contributed by atoms with Crippen LogP contribution >= 0.6 is 0 Å². The lowest BCUT2D eigenvalue weighted by Crippen LogP contribution is -2.53. The van der Waals surface area contributed by atoms with Crippen LogP contribution in [-0.4, -0.2) is 47.4 Å². The number of carbonyl (C=O) groups excluding carboxylic acids is 1. The Bertz CT molecular complexity index is 608. The zero-order chi connectivity index (χ0) is 15.8. The summed E-state index contributed by atoms with van der Waals surface area (Å²) in [5.74, 6) is -0.599. The van der Waals surface area contributed by atoms with Crippen molar-refractivity contribution in [3.8, 4) is 0 Å². The number of rotatable bonds is 3. The summed E-state index contributed by atoms with van der Waals surface area (Å²) in [4.78, 5) is 16.8.